The standard InChI is InChI=1S/C21H20F3N5O/c1-13-12-28(10-11-29(13)20(25)30)19-17-5-3-2-4-16(17)18(26-27-19)14-6-8-15(9-7-14)21(22,23)24/h2-9,13H,10-12H2,1H3,(H2,25,30). The molecule has 0 spiro atoms. The van der Waals surface area contributed by atoms with Gasteiger partial charge in [-0.15, -0.1) is 10.2 Å². The number of aromatic nitrogens is 2. The number of alkyl halides is 3. The van der Waals surface area contributed by atoms with E-state index in [9.17, 15) is 18.0 Å². The number of fused-ring (bicyclic) bond motifs is 1. The van der Waals surface area contributed by atoms with Crippen molar-refractivity contribution in [3.05, 3.63) is 54.1 Å². The van der Waals surface area contributed by atoms with Gasteiger partial charge in [-0.1, -0.05) is 36.4 Å². The van der Waals surface area contributed by atoms with E-state index in [2.05, 4.69) is 15.1 Å². The van der Waals surface area contributed by atoms with E-state index in [1.54, 1.807) is 4.90 Å². The Morgan fingerprint density at radius 3 is 2.30 bits per heavy atom. The van der Waals surface area contributed by atoms with Gasteiger partial charge in [0.1, 0.15) is 5.69 Å². The van der Waals surface area contributed by atoms with Gasteiger partial charge in [-0.05, 0) is 19.1 Å². The summed E-state index contributed by atoms with van der Waals surface area (Å²) < 4.78 is 38.6. The number of nitrogens with zero attached hydrogens (tertiary/aromatic N) is 4. The highest BCUT2D eigenvalue weighted by atomic mass is 19.4. The quantitative estimate of drug-likeness (QED) is 0.689. The molecule has 2 amide bonds. The zero-order chi connectivity index (χ0) is 21.5. The van der Waals surface area contributed by atoms with Gasteiger partial charge in [0.2, 0.25) is 0 Å². The van der Waals surface area contributed by atoms with Crippen LogP contribution in [-0.4, -0.2) is 46.8 Å². The average molecular weight is 415 g/mol. The highest BCUT2D eigenvalue weighted by Crippen LogP contribution is 2.34. The van der Waals surface area contributed by atoms with Gasteiger partial charge in [0.25, 0.3) is 0 Å². The Labute approximate surface area is 171 Å². The molecule has 4 rings (SSSR count). The van der Waals surface area contributed by atoms with Crippen LogP contribution in [-0.2, 0) is 6.18 Å². The van der Waals surface area contributed by atoms with E-state index >= 15 is 0 Å². The van der Waals surface area contributed by atoms with Crippen molar-refractivity contribution in [2.45, 2.75) is 19.1 Å². The maximum Gasteiger partial charge on any atom is 0.416 e. The van der Waals surface area contributed by atoms with E-state index in [1.165, 1.54) is 12.1 Å². The zero-order valence-electron chi connectivity index (χ0n) is 16.2. The molecule has 1 unspecified atom stereocenters. The first-order chi connectivity index (χ1) is 14.3. The number of anilines is 1. The van der Waals surface area contributed by atoms with Crippen molar-refractivity contribution in [2.75, 3.05) is 24.5 Å². The number of carbonyl (C=O) groups is 1. The van der Waals surface area contributed by atoms with Gasteiger partial charge in [-0.2, -0.15) is 13.2 Å². The maximum atomic E-state index is 12.9. The lowest BCUT2D eigenvalue weighted by molar-refractivity contribution is -0.137. The summed E-state index contributed by atoms with van der Waals surface area (Å²) in [6, 6.07) is 11.9. The van der Waals surface area contributed by atoms with E-state index in [4.69, 9.17) is 5.73 Å². The van der Waals surface area contributed by atoms with Crippen LogP contribution in [0.1, 0.15) is 12.5 Å². The number of nitrogens with two attached hydrogens (primary N) is 1. The SMILES string of the molecule is CC1CN(c2nnc(-c3ccc(C(F)(F)F)cc3)c3ccccc23)CCN1C(N)=O. The van der Waals surface area contributed by atoms with E-state index in [0.717, 1.165) is 22.9 Å². The van der Waals surface area contributed by atoms with Crippen LogP contribution in [0.4, 0.5) is 23.8 Å². The van der Waals surface area contributed by atoms with Gasteiger partial charge in [0.05, 0.1) is 5.56 Å². The summed E-state index contributed by atoms with van der Waals surface area (Å²) in [4.78, 5) is 15.2. The molecule has 2 N–H and O–H groups in total. The molecule has 156 valence electrons. The Kier molecular flexibility index (Phi) is 4.97. The second-order valence-electron chi connectivity index (χ2n) is 7.32. The minimum Gasteiger partial charge on any atom is -0.351 e. The van der Waals surface area contributed by atoms with Crippen LogP contribution in [0.25, 0.3) is 22.0 Å². The summed E-state index contributed by atoms with van der Waals surface area (Å²) in [6.45, 7) is 3.52. The summed E-state index contributed by atoms with van der Waals surface area (Å²) in [5.74, 6) is 0.678. The first-order valence-electron chi connectivity index (χ1n) is 9.50. The summed E-state index contributed by atoms with van der Waals surface area (Å²) in [6.07, 6.45) is -4.39. The Balaban J connectivity index is 1.72. The second-order valence-corrected chi connectivity index (χ2v) is 7.32. The molecule has 1 atom stereocenters. The minimum absolute atomic E-state index is 0.0774. The molecular formula is C21H20F3N5O. The lowest BCUT2D eigenvalue weighted by Crippen LogP contribution is -2.55. The van der Waals surface area contributed by atoms with Gasteiger partial charge < -0.3 is 15.5 Å². The van der Waals surface area contributed by atoms with Gasteiger partial charge in [0, 0.05) is 42.0 Å². The van der Waals surface area contributed by atoms with Crippen LogP contribution in [0.3, 0.4) is 0 Å². The molecule has 1 aromatic heterocycles. The van der Waals surface area contributed by atoms with Crippen LogP contribution < -0.4 is 10.6 Å². The predicted molar refractivity (Wildman–Crippen MR) is 108 cm³/mol. The topological polar surface area (TPSA) is 75.3 Å². The Hall–Kier alpha value is -3.36. The fraction of sp³-hybridized carbons (Fsp3) is 0.286. The van der Waals surface area contributed by atoms with Gasteiger partial charge in [-0.25, -0.2) is 4.79 Å². The summed E-state index contributed by atoms with van der Waals surface area (Å²) in [7, 11) is 0. The van der Waals surface area contributed by atoms with Crippen molar-refractivity contribution in [3.63, 3.8) is 0 Å². The van der Waals surface area contributed by atoms with Crippen LogP contribution in [0.5, 0.6) is 0 Å². The van der Waals surface area contributed by atoms with Crippen molar-refractivity contribution in [1.82, 2.24) is 15.1 Å². The number of primary amides is 1. The minimum atomic E-state index is -4.39. The molecule has 30 heavy (non-hydrogen) atoms. The predicted octanol–water partition coefficient (Wildman–Crippen LogP) is 3.90. The number of urea groups is 1. The van der Waals surface area contributed by atoms with Crippen molar-refractivity contribution >= 4 is 22.6 Å². The summed E-state index contributed by atoms with van der Waals surface area (Å²) in [5.41, 5.74) is 5.80. The number of piperazine rings is 1. The molecule has 1 aliphatic rings. The Morgan fingerprint density at radius 2 is 1.70 bits per heavy atom. The average Bonchev–Trinajstić information content (AvgIpc) is 2.72. The smallest absolute Gasteiger partial charge is 0.351 e. The lowest BCUT2D eigenvalue weighted by atomic mass is 10.0. The molecule has 9 heteroatoms. The fourth-order valence-electron chi connectivity index (χ4n) is 3.83. The largest absolute Gasteiger partial charge is 0.416 e. The van der Waals surface area contributed by atoms with Gasteiger partial charge in [-0.3, -0.25) is 0 Å². The first-order valence-corrected chi connectivity index (χ1v) is 9.50. The normalized spacial score (nSPS) is 17.4. The molecule has 1 aliphatic heterocycles. The Bertz CT molecular complexity index is 1080. The van der Waals surface area contributed by atoms with Crippen LogP contribution in [0.2, 0.25) is 0 Å². The first kappa shape index (κ1) is 19.9. The molecule has 3 aromatic rings. The van der Waals surface area contributed by atoms with Gasteiger partial charge >= 0.3 is 12.2 Å². The summed E-state index contributed by atoms with van der Waals surface area (Å²) in [5, 5.41) is 10.4. The number of amides is 2. The van der Waals surface area contributed by atoms with E-state index < -0.39 is 17.8 Å². The van der Waals surface area contributed by atoms with Crippen molar-refractivity contribution < 1.29 is 18.0 Å². The molecular weight excluding hydrogens is 395 g/mol. The third kappa shape index (κ3) is 3.62. The zero-order valence-corrected chi connectivity index (χ0v) is 16.2. The molecule has 2 aromatic carbocycles. The van der Waals surface area contributed by atoms with E-state index in [1.807, 2.05) is 31.2 Å². The number of carbonyl (C=O) groups excluding carboxylic acids is 1. The molecule has 0 radical (unpaired) electrons. The maximum absolute atomic E-state index is 12.9. The molecule has 1 fully saturated rings. The van der Waals surface area contributed by atoms with Crippen LogP contribution in [0, 0.1) is 0 Å². The van der Waals surface area contributed by atoms with E-state index in [0.29, 0.717) is 36.7 Å². The molecule has 0 bridgehead atoms. The number of halogens is 3. The Morgan fingerprint density at radius 1 is 1.03 bits per heavy atom. The van der Waals surface area contributed by atoms with Crippen LogP contribution in [0.15, 0.2) is 48.5 Å². The number of hydrogen-bond acceptors (Lipinski definition) is 4. The lowest BCUT2D eigenvalue weighted by Gasteiger charge is -2.39. The molecule has 2 heterocycles. The van der Waals surface area contributed by atoms with Crippen LogP contribution >= 0.6 is 0 Å². The fourth-order valence-corrected chi connectivity index (χ4v) is 3.83. The molecule has 1 saturated heterocycles. The van der Waals surface area contributed by atoms with Crippen molar-refractivity contribution in [1.29, 1.82) is 0 Å². The third-order valence-corrected chi connectivity index (χ3v) is 5.36. The summed E-state index contributed by atoms with van der Waals surface area (Å²) >= 11 is 0. The number of rotatable bonds is 2. The molecule has 0 saturated carbocycles. The number of benzene rings is 2. The highest BCUT2D eigenvalue weighted by Gasteiger charge is 2.30. The monoisotopic (exact) mass is 415 g/mol. The second kappa shape index (κ2) is 7.47. The third-order valence-electron chi connectivity index (χ3n) is 5.36. The van der Waals surface area contributed by atoms with Crippen molar-refractivity contribution in [2.24, 2.45) is 5.73 Å². The molecule has 6 nitrogen and oxygen atoms in total. The van der Waals surface area contributed by atoms with E-state index in [-0.39, 0.29) is 6.04 Å². The highest BCUT2D eigenvalue weighted by molar-refractivity contribution is 6.00. The van der Waals surface area contributed by atoms with Gasteiger partial charge in [0.15, 0.2) is 5.82 Å². The number of hydrogen-bond donors (Lipinski definition) is 1. The van der Waals surface area contributed by atoms with Crippen molar-refractivity contribution in [3.8, 4) is 11.3 Å². The molecule has 0 aliphatic carbocycles.